The molecule has 0 bridgehead atoms. The van der Waals surface area contributed by atoms with Crippen LogP contribution in [0.25, 0.3) is 0 Å². The molecule has 23 heavy (non-hydrogen) atoms. The summed E-state index contributed by atoms with van der Waals surface area (Å²) in [4.78, 5) is 25.6. The molecule has 2 unspecified atom stereocenters. The highest BCUT2D eigenvalue weighted by Crippen LogP contribution is 2.24. The summed E-state index contributed by atoms with van der Waals surface area (Å²) < 4.78 is 6.35. The minimum Gasteiger partial charge on any atom is -0.481 e. The summed E-state index contributed by atoms with van der Waals surface area (Å²) in [5, 5.41) is 9.03. The van der Waals surface area contributed by atoms with E-state index in [-0.39, 0.29) is 24.3 Å². The van der Waals surface area contributed by atoms with Gasteiger partial charge in [0.15, 0.2) is 0 Å². The second kappa shape index (κ2) is 8.45. The normalized spacial score (nSPS) is 19.4. The van der Waals surface area contributed by atoms with Crippen LogP contribution in [0.1, 0.15) is 25.3 Å². The summed E-state index contributed by atoms with van der Waals surface area (Å²) in [5.74, 6) is -1.03. The molecule has 0 radical (unpaired) electrons. The van der Waals surface area contributed by atoms with Crippen molar-refractivity contribution in [1.82, 2.24) is 4.90 Å². The van der Waals surface area contributed by atoms with Crippen molar-refractivity contribution < 1.29 is 19.4 Å². The van der Waals surface area contributed by atoms with Crippen LogP contribution in [0.5, 0.6) is 0 Å². The number of carbonyl (C=O) groups excluding carboxylic acids is 1. The van der Waals surface area contributed by atoms with E-state index in [0.29, 0.717) is 26.2 Å². The highest BCUT2D eigenvalue weighted by molar-refractivity contribution is 9.10. The monoisotopic (exact) mass is 383 g/mol. The molecule has 6 heteroatoms. The van der Waals surface area contributed by atoms with E-state index >= 15 is 0 Å². The Morgan fingerprint density at radius 1 is 1.43 bits per heavy atom. The van der Waals surface area contributed by atoms with Crippen LogP contribution in [0, 0.1) is 5.92 Å². The molecule has 1 amide bonds. The predicted molar refractivity (Wildman–Crippen MR) is 90.2 cm³/mol. The van der Waals surface area contributed by atoms with Crippen LogP contribution >= 0.6 is 15.9 Å². The Bertz CT molecular complexity index is 563. The van der Waals surface area contributed by atoms with Gasteiger partial charge in [0.05, 0.1) is 25.7 Å². The Balaban J connectivity index is 2.11. The number of halogens is 1. The summed E-state index contributed by atoms with van der Waals surface area (Å²) in [7, 11) is 0. The molecule has 1 aliphatic heterocycles. The van der Waals surface area contributed by atoms with E-state index in [9.17, 15) is 9.59 Å². The molecule has 1 fully saturated rings. The van der Waals surface area contributed by atoms with Crippen molar-refractivity contribution in [2.45, 2.75) is 32.2 Å². The Morgan fingerprint density at radius 3 is 2.83 bits per heavy atom. The van der Waals surface area contributed by atoms with Gasteiger partial charge in [-0.3, -0.25) is 9.59 Å². The van der Waals surface area contributed by atoms with E-state index in [0.717, 1.165) is 16.5 Å². The Hall–Kier alpha value is -1.40. The Morgan fingerprint density at radius 2 is 2.17 bits per heavy atom. The van der Waals surface area contributed by atoms with Gasteiger partial charge in [0.2, 0.25) is 5.91 Å². The topological polar surface area (TPSA) is 66.8 Å². The second-order valence-corrected chi connectivity index (χ2v) is 6.61. The standard InChI is InChI=1S/C17H22BrNO4/c1-2-12(9-13-5-3-4-6-15(13)18)17(22)19-7-8-23-11-14(19)10-16(20)21/h3-6,12,14H,2,7-11H2,1H3,(H,20,21). The number of rotatable bonds is 6. The average Bonchev–Trinajstić information content (AvgIpc) is 2.53. The smallest absolute Gasteiger partial charge is 0.305 e. The van der Waals surface area contributed by atoms with E-state index in [1.165, 1.54) is 0 Å². The molecule has 1 saturated heterocycles. The summed E-state index contributed by atoms with van der Waals surface area (Å²) in [6.45, 7) is 3.21. The summed E-state index contributed by atoms with van der Waals surface area (Å²) in [5.41, 5.74) is 1.09. The maximum Gasteiger partial charge on any atom is 0.305 e. The lowest BCUT2D eigenvalue weighted by Crippen LogP contribution is -2.51. The van der Waals surface area contributed by atoms with Gasteiger partial charge in [0.25, 0.3) is 0 Å². The van der Waals surface area contributed by atoms with Crippen LogP contribution in [-0.4, -0.2) is 47.7 Å². The molecule has 0 aromatic heterocycles. The highest BCUT2D eigenvalue weighted by atomic mass is 79.9. The maximum atomic E-state index is 12.9. The molecule has 0 aliphatic carbocycles. The molecular weight excluding hydrogens is 362 g/mol. The average molecular weight is 384 g/mol. The van der Waals surface area contributed by atoms with Crippen LogP contribution in [0.15, 0.2) is 28.7 Å². The van der Waals surface area contributed by atoms with Crippen LogP contribution in [-0.2, 0) is 20.7 Å². The van der Waals surface area contributed by atoms with Gasteiger partial charge in [-0.05, 0) is 24.5 Å². The van der Waals surface area contributed by atoms with E-state index in [1.54, 1.807) is 4.90 Å². The summed E-state index contributed by atoms with van der Waals surface area (Å²) in [6.07, 6.45) is 1.29. The van der Waals surface area contributed by atoms with Gasteiger partial charge in [-0.1, -0.05) is 41.1 Å². The van der Waals surface area contributed by atoms with E-state index in [4.69, 9.17) is 9.84 Å². The second-order valence-electron chi connectivity index (χ2n) is 5.76. The van der Waals surface area contributed by atoms with Gasteiger partial charge in [-0.25, -0.2) is 0 Å². The molecule has 1 aliphatic rings. The molecule has 1 aromatic rings. The summed E-state index contributed by atoms with van der Waals surface area (Å²) in [6, 6.07) is 7.50. The van der Waals surface area contributed by atoms with Crippen molar-refractivity contribution in [1.29, 1.82) is 0 Å². The van der Waals surface area contributed by atoms with Crippen LogP contribution in [0.4, 0.5) is 0 Å². The zero-order valence-corrected chi connectivity index (χ0v) is 14.8. The largest absolute Gasteiger partial charge is 0.481 e. The molecule has 1 aromatic carbocycles. The van der Waals surface area contributed by atoms with Gasteiger partial charge >= 0.3 is 5.97 Å². The predicted octanol–water partition coefficient (Wildman–Crippen LogP) is 2.72. The van der Waals surface area contributed by atoms with Crippen LogP contribution in [0.3, 0.4) is 0 Å². The van der Waals surface area contributed by atoms with Gasteiger partial charge in [0.1, 0.15) is 0 Å². The van der Waals surface area contributed by atoms with E-state index < -0.39 is 5.97 Å². The first kappa shape index (κ1) is 17.9. The Kier molecular flexibility index (Phi) is 6.59. The van der Waals surface area contributed by atoms with Crippen molar-refractivity contribution in [2.24, 2.45) is 5.92 Å². The fourth-order valence-corrected chi connectivity index (χ4v) is 3.33. The number of ether oxygens (including phenoxy) is 1. The lowest BCUT2D eigenvalue weighted by Gasteiger charge is -2.37. The SMILES string of the molecule is CCC(Cc1ccccc1Br)C(=O)N1CCOCC1CC(=O)O. The fraction of sp³-hybridized carbons (Fsp3) is 0.529. The quantitative estimate of drug-likeness (QED) is 0.819. The third-order valence-corrected chi connectivity index (χ3v) is 4.96. The van der Waals surface area contributed by atoms with E-state index in [1.807, 2.05) is 31.2 Å². The number of hydrogen-bond acceptors (Lipinski definition) is 3. The molecule has 126 valence electrons. The van der Waals surface area contributed by atoms with Crippen molar-refractivity contribution >= 4 is 27.8 Å². The lowest BCUT2D eigenvalue weighted by molar-refractivity contribution is -0.149. The van der Waals surface area contributed by atoms with Crippen molar-refractivity contribution in [3.63, 3.8) is 0 Å². The number of morpholine rings is 1. The highest BCUT2D eigenvalue weighted by Gasteiger charge is 2.32. The first-order valence-electron chi connectivity index (χ1n) is 7.86. The number of carbonyl (C=O) groups is 2. The van der Waals surface area contributed by atoms with Crippen molar-refractivity contribution in [3.8, 4) is 0 Å². The number of amides is 1. The molecule has 1 N–H and O–H groups in total. The summed E-state index contributed by atoms with van der Waals surface area (Å²) >= 11 is 3.52. The molecule has 2 atom stereocenters. The van der Waals surface area contributed by atoms with Gasteiger partial charge < -0.3 is 14.7 Å². The van der Waals surface area contributed by atoms with Crippen molar-refractivity contribution in [3.05, 3.63) is 34.3 Å². The number of carboxylic acid groups (broad SMARTS) is 1. The lowest BCUT2D eigenvalue weighted by atomic mass is 9.94. The van der Waals surface area contributed by atoms with Gasteiger partial charge in [0, 0.05) is 16.9 Å². The number of hydrogen-bond donors (Lipinski definition) is 1. The fourth-order valence-electron chi connectivity index (χ4n) is 2.89. The van der Waals surface area contributed by atoms with E-state index in [2.05, 4.69) is 15.9 Å². The molecule has 5 nitrogen and oxygen atoms in total. The molecule has 1 heterocycles. The van der Waals surface area contributed by atoms with Gasteiger partial charge in [-0.2, -0.15) is 0 Å². The molecule has 0 spiro atoms. The first-order chi connectivity index (χ1) is 11.0. The molecule has 0 saturated carbocycles. The minimum absolute atomic E-state index is 0.0257. The number of carboxylic acids is 1. The van der Waals surface area contributed by atoms with Crippen molar-refractivity contribution in [2.75, 3.05) is 19.8 Å². The van der Waals surface area contributed by atoms with Gasteiger partial charge in [-0.15, -0.1) is 0 Å². The number of benzene rings is 1. The minimum atomic E-state index is -0.905. The first-order valence-corrected chi connectivity index (χ1v) is 8.65. The Labute approximate surface area is 144 Å². The van der Waals surface area contributed by atoms with Crippen LogP contribution < -0.4 is 0 Å². The maximum absolute atomic E-state index is 12.9. The molecule has 2 rings (SSSR count). The third kappa shape index (κ3) is 4.78. The number of aliphatic carboxylic acids is 1. The van der Waals surface area contributed by atoms with Crippen LogP contribution in [0.2, 0.25) is 0 Å². The number of nitrogens with zero attached hydrogens (tertiary/aromatic N) is 1. The molecular formula is C17H22BrNO4. The third-order valence-electron chi connectivity index (χ3n) is 4.19. The zero-order chi connectivity index (χ0) is 16.8. The zero-order valence-electron chi connectivity index (χ0n) is 13.2.